The highest BCUT2D eigenvalue weighted by atomic mass is 16.6. The lowest BCUT2D eigenvalue weighted by molar-refractivity contribution is -0.137. The van der Waals surface area contributed by atoms with Gasteiger partial charge in [-0.05, 0) is 18.4 Å². The average molecular weight is 318 g/mol. The molecule has 0 bridgehead atoms. The molecule has 0 spiro atoms. The standard InChI is InChI=1S/C17H22N2O4/c20-16(19-9-10-22-13-19)15-7-4-8-18(11-15)17(21)23-12-14-5-2-1-3-6-14/h1-3,5-6,15H,4,7-13H2. The highest BCUT2D eigenvalue weighted by Gasteiger charge is 2.32. The second-order valence-electron chi connectivity index (χ2n) is 5.96. The largest absolute Gasteiger partial charge is 0.445 e. The molecular formula is C17H22N2O4. The Bertz CT molecular complexity index is 543. The van der Waals surface area contributed by atoms with Crippen molar-refractivity contribution >= 4 is 12.0 Å². The van der Waals surface area contributed by atoms with Crippen LogP contribution < -0.4 is 0 Å². The normalized spacial score (nSPS) is 21.3. The minimum Gasteiger partial charge on any atom is -0.445 e. The van der Waals surface area contributed by atoms with E-state index in [0.717, 1.165) is 18.4 Å². The van der Waals surface area contributed by atoms with Gasteiger partial charge in [-0.15, -0.1) is 0 Å². The van der Waals surface area contributed by atoms with Crippen molar-refractivity contribution in [3.05, 3.63) is 35.9 Å². The molecule has 0 radical (unpaired) electrons. The molecule has 0 aromatic heterocycles. The van der Waals surface area contributed by atoms with E-state index in [2.05, 4.69) is 0 Å². The summed E-state index contributed by atoms with van der Waals surface area (Å²) in [6.07, 6.45) is 1.30. The molecule has 0 saturated carbocycles. The third-order valence-corrected chi connectivity index (χ3v) is 4.30. The van der Waals surface area contributed by atoms with Gasteiger partial charge in [-0.1, -0.05) is 30.3 Å². The Labute approximate surface area is 136 Å². The predicted molar refractivity (Wildman–Crippen MR) is 83.5 cm³/mol. The number of amides is 2. The zero-order chi connectivity index (χ0) is 16.1. The number of carbonyl (C=O) groups is 2. The van der Waals surface area contributed by atoms with Crippen LogP contribution in [0, 0.1) is 5.92 Å². The Morgan fingerprint density at radius 2 is 2.00 bits per heavy atom. The molecule has 2 heterocycles. The van der Waals surface area contributed by atoms with Crippen molar-refractivity contribution in [2.24, 2.45) is 5.92 Å². The number of hydrogen-bond donors (Lipinski definition) is 0. The zero-order valence-electron chi connectivity index (χ0n) is 13.1. The minimum absolute atomic E-state index is 0.0862. The van der Waals surface area contributed by atoms with Crippen LogP contribution in [0.4, 0.5) is 4.79 Å². The van der Waals surface area contributed by atoms with Crippen LogP contribution in [0.15, 0.2) is 30.3 Å². The molecular weight excluding hydrogens is 296 g/mol. The highest BCUT2D eigenvalue weighted by Crippen LogP contribution is 2.21. The smallest absolute Gasteiger partial charge is 0.410 e. The van der Waals surface area contributed by atoms with Crippen LogP contribution in [0.3, 0.4) is 0 Å². The van der Waals surface area contributed by atoms with Crippen molar-refractivity contribution in [3.63, 3.8) is 0 Å². The summed E-state index contributed by atoms with van der Waals surface area (Å²) in [6.45, 7) is 2.95. The summed E-state index contributed by atoms with van der Waals surface area (Å²) in [6, 6.07) is 9.59. The third-order valence-electron chi connectivity index (χ3n) is 4.30. The Kier molecular flexibility index (Phi) is 5.12. The van der Waals surface area contributed by atoms with Crippen LogP contribution in [-0.2, 0) is 20.9 Å². The number of piperidine rings is 1. The number of carbonyl (C=O) groups excluding carboxylic acids is 2. The van der Waals surface area contributed by atoms with E-state index < -0.39 is 0 Å². The lowest BCUT2D eigenvalue weighted by Gasteiger charge is -2.32. The van der Waals surface area contributed by atoms with E-state index in [4.69, 9.17) is 9.47 Å². The maximum absolute atomic E-state index is 12.4. The summed E-state index contributed by atoms with van der Waals surface area (Å²) in [4.78, 5) is 28.0. The lowest BCUT2D eigenvalue weighted by Crippen LogP contribution is -2.46. The molecule has 124 valence electrons. The minimum atomic E-state index is -0.343. The first-order chi connectivity index (χ1) is 11.2. The van der Waals surface area contributed by atoms with Crippen molar-refractivity contribution in [2.45, 2.75) is 19.4 Å². The summed E-state index contributed by atoms with van der Waals surface area (Å²) < 4.78 is 10.6. The quantitative estimate of drug-likeness (QED) is 0.853. The van der Waals surface area contributed by atoms with E-state index >= 15 is 0 Å². The molecule has 1 atom stereocenters. The molecule has 1 aromatic carbocycles. The van der Waals surface area contributed by atoms with E-state index in [9.17, 15) is 9.59 Å². The first-order valence-corrected chi connectivity index (χ1v) is 8.06. The van der Waals surface area contributed by atoms with E-state index in [1.54, 1.807) is 9.80 Å². The highest BCUT2D eigenvalue weighted by molar-refractivity contribution is 5.80. The molecule has 23 heavy (non-hydrogen) atoms. The van der Waals surface area contributed by atoms with Crippen LogP contribution in [0.25, 0.3) is 0 Å². The van der Waals surface area contributed by atoms with Crippen LogP contribution >= 0.6 is 0 Å². The van der Waals surface area contributed by atoms with Gasteiger partial charge in [0.1, 0.15) is 13.3 Å². The summed E-state index contributed by atoms with van der Waals surface area (Å²) in [5.41, 5.74) is 0.958. The van der Waals surface area contributed by atoms with Crippen LogP contribution in [-0.4, -0.2) is 54.8 Å². The Balaban J connectivity index is 1.51. The Morgan fingerprint density at radius 3 is 2.74 bits per heavy atom. The summed E-state index contributed by atoms with van der Waals surface area (Å²) in [5, 5.41) is 0. The predicted octanol–water partition coefficient (Wildman–Crippen LogP) is 1.85. The van der Waals surface area contributed by atoms with Crippen molar-refractivity contribution in [1.29, 1.82) is 0 Å². The number of rotatable bonds is 3. The fourth-order valence-electron chi connectivity index (χ4n) is 3.00. The first kappa shape index (κ1) is 15.8. The van der Waals surface area contributed by atoms with Crippen molar-refractivity contribution < 1.29 is 19.1 Å². The zero-order valence-corrected chi connectivity index (χ0v) is 13.1. The fourth-order valence-corrected chi connectivity index (χ4v) is 3.00. The van der Waals surface area contributed by atoms with Gasteiger partial charge in [0, 0.05) is 19.6 Å². The number of ether oxygens (including phenoxy) is 2. The van der Waals surface area contributed by atoms with Gasteiger partial charge in [0.25, 0.3) is 0 Å². The summed E-state index contributed by atoms with van der Waals surface area (Å²) in [5.74, 6) is -0.0576. The lowest BCUT2D eigenvalue weighted by atomic mass is 9.97. The van der Waals surface area contributed by atoms with Gasteiger partial charge in [0.15, 0.2) is 0 Å². The maximum Gasteiger partial charge on any atom is 0.410 e. The molecule has 0 N–H and O–H groups in total. The molecule has 3 rings (SSSR count). The monoisotopic (exact) mass is 318 g/mol. The van der Waals surface area contributed by atoms with Gasteiger partial charge in [-0.2, -0.15) is 0 Å². The van der Waals surface area contributed by atoms with E-state index in [1.165, 1.54) is 0 Å². The second kappa shape index (κ2) is 7.46. The number of benzene rings is 1. The topological polar surface area (TPSA) is 59.1 Å². The second-order valence-corrected chi connectivity index (χ2v) is 5.96. The van der Waals surface area contributed by atoms with Crippen LogP contribution in [0.2, 0.25) is 0 Å². The molecule has 6 heteroatoms. The van der Waals surface area contributed by atoms with Crippen LogP contribution in [0.5, 0.6) is 0 Å². The number of hydrogen-bond acceptors (Lipinski definition) is 4. The van der Waals surface area contributed by atoms with Gasteiger partial charge < -0.3 is 19.3 Å². The number of likely N-dealkylation sites (tertiary alicyclic amines) is 1. The van der Waals surface area contributed by atoms with Gasteiger partial charge in [0.2, 0.25) is 5.91 Å². The van der Waals surface area contributed by atoms with Crippen molar-refractivity contribution in [2.75, 3.05) is 33.0 Å². The fraction of sp³-hybridized carbons (Fsp3) is 0.529. The summed E-state index contributed by atoms with van der Waals surface area (Å²) in [7, 11) is 0. The average Bonchev–Trinajstić information content (AvgIpc) is 3.14. The number of nitrogens with zero attached hydrogens (tertiary/aromatic N) is 2. The van der Waals surface area contributed by atoms with Crippen molar-refractivity contribution in [1.82, 2.24) is 9.80 Å². The summed E-state index contributed by atoms with van der Waals surface area (Å²) >= 11 is 0. The van der Waals surface area contributed by atoms with E-state index in [1.807, 2.05) is 30.3 Å². The Hall–Kier alpha value is -2.08. The molecule has 6 nitrogen and oxygen atoms in total. The maximum atomic E-state index is 12.4. The van der Waals surface area contributed by atoms with Gasteiger partial charge in [0.05, 0.1) is 12.5 Å². The van der Waals surface area contributed by atoms with Gasteiger partial charge in [-0.25, -0.2) is 4.79 Å². The van der Waals surface area contributed by atoms with Crippen LogP contribution in [0.1, 0.15) is 18.4 Å². The molecule has 2 amide bonds. The van der Waals surface area contributed by atoms with E-state index in [0.29, 0.717) is 33.0 Å². The molecule has 1 unspecified atom stereocenters. The molecule has 2 aliphatic heterocycles. The van der Waals surface area contributed by atoms with Crippen molar-refractivity contribution in [3.8, 4) is 0 Å². The molecule has 2 aliphatic rings. The molecule has 2 fully saturated rings. The SMILES string of the molecule is O=C(OCc1ccccc1)N1CCCC(C(=O)N2CCOC2)C1. The molecule has 0 aliphatic carbocycles. The third kappa shape index (κ3) is 4.01. The molecule has 1 aromatic rings. The van der Waals surface area contributed by atoms with Gasteiger partial charge >= 0.3 is 6.09 Å². The Morgan fingerprint density at radius 1 is 1.17 bits per heavy atom. The molecule has 2 saturated heterocycles. The van der Waals surface area contributed by atoms with E-state index in [-0.39, 0.29) is 24.5 Å². The first-order valence-electron chi connectivity index (χ1n) is 8.06. The van der Waals surface area contributed by atoms with Gasteiger partial charge in [-0.3, -0.25) is 4.79 Å².